The number of rotatable bonds is 8. The monoisotopic (exact) mass is 302 g/mol. The molecule has 112 valence electrons. The highest BCUT2D eigenvalue weighted by Crippen LogP contribution is 2.20. The lowest BCUT2D eigenvalue weighted by Crippen LogP contribution is -2.28. The topological polar surface area (TPSA) is 67.4 Å². The van der Waals surface area contributed by atoms with Gasteiger partial charge in [0.15, 0.2) is 11.6 Å². The first kappa shape index (κ1) is 15.2. The van der Waals surface area contributed by atoms with Crippen molar-refractivity contribution in [3.8, 4) is 5.75 Å². The Morgan fingerprint density at radius 1 is 1.35 bits per heavy atom. The normalized spacial score (nSPS) is 15.3. The minimum atomic E-state index is -3.67. The molecule has 0 amide bonds. The molecule has 1 aliphatic rings. The molecule has 1 aromatic carbocycles. The van der Waals surface area contributed by atoms with Gasteiger partial charge in [0.2, 0.25) is 10.0 Å². The van der Waals surface area contributed by atoms with E-state index in [1.54, 1.807) is 0 Å². The fourth-order valence-electron chi connectivity index (χ4n) is 1.79. The Bertz CT molecular complexity index is 559. The summed E-state index contributed by atoms with van der Waals surface area (Å²) in [5, 5.41) is 3.30. The number of halogens is 1. The molecule has 0 atom stereocenters. The van der Waals surface area contributed by atoms with Gasteiger partial charge in [-0.3, -0.25) is 0 Å². The van der Waals surface area contributed by atoms with Crippen LogP contribution in [0.5, 0.6) is 5.75 Å². The van der Waals surface area contributed by atoms with Crippen LogP contribution in [0.15, 0.2) is 23.1 Å². The lowest BCUT2D eigenvalue weighted by atomic mass is 10.3. The van der Waals surface area contributed by atoms with Crippen LogP contribution in [-0.4, -0.2) is 34.7 Å². The van der Waals surface area contributed by atoms with Gasteiger partial charge in [0.25, 0.3) is 0 Å². The van der Waals surface area contributed by atoms with Crippen molar-refractivity contribution in [1.29, 1.82) is 0 Å². The predicted octanol–water partition coefficient (Wildman–Crippen LogP) is 1.25. The predicted molar refractivity (Wildman–Crippen MR) is 73.8 cm³/mol. The minimum absolute atomic E-state index is 0.0255. The van der Waals surface area contributed by atoms with Gasteiger partial charge in [-0.15, -0.1) is 0 Å². The maximum atomic E-state index is 13.5. The molecule has 0 radical (unpaired) electrons. The van der Waals surface area contributed by atoms with Crippen LogP contribution >= 0.6 is 0 Å². The molecule has 0 heterocycles. The highest BCUT2D eigenvalue weighted by molar-refractivity contribution is 7.89. The first-order chi connectivity index (χ1) is 9.53. The van der Waals surface area contributed by atoms with Gasteiger partial charge >= 0.3 is 0 Å². The van der Waals surface area contributed by atoms with Crippen molar-refractivity contribution in [3.05, 3.63) is 24.0 Å². The van der Waals surface area contributed by atoms with Crippen LogP contribution in [0.1, 0.15) is 19.3 Å². The summed E-state index contributed by atoms with van der Waals surface area (Å²) in [7, 11) is -2.34. The van der Waals surface area contributed by atoms with Crippen LogP contribution in [0.2, 0.25) is 0 Å². The molecule has 0 unspecified atom stereocenters. The summed E-state index contributed by atoms with van der Waals surface area (Å²) in [6.45, 7) is 1.11. The number of ether oxygens (including phenoxy) is 1. The van der Waals surface area contributed by atoms with Crippen molar-refractivity contribution in [3.63, 3.8) is 0 Å². The summed E-state index contributed by atoms with van der Waals surface area (Å²) >= 11 is 0. The zero-order valence-corrected chi connectivity index (χ0v) is 12.2. The molecule has 7 heteroatoms. The summed E-state index contributed by atoms with van der Waals surface area (Å²) in [6.07, 6.45) is 3.11. The Morgan fingerprint density at radius 2 is 2.10 bits per heavy atom. The quantitative estimate of drug-likeness (QED) is 0.709. The van der Waals surface area contributed by atoms with Gasteiger partial charge in [0.1, 0.15) is 0 Å². The standard InChI is InChI=1S/C13H19FN2O3S/c1-19-13-6-5-11(9-12(13)14)20(17,18)16-8-2-7-15-10-3-4-10/h5-6,9-10,15-16H,2-4,7-8H2,1H3. The Morgan fingerprint density at radius 3 is 2.70 bits per heavy atom. The lowest BCUT2D eigenvalue weighted by molar-refractivity contribution is 0.385. The number of benzene rings is 1. The van der Waals surface area contributed by atoms with Crippen LogP contribution in [-0.2, 0) is 10.0 Å². The largest absolute Gasteiger partial charge is 0.494 e. The first-order valence-electron chi connectivity index (χ1n) is 6.59. The zero-order valence-electron chi connectivity index (χ0n) is 11.4. The Labute approximate surface area is 118 Å². The van der Waals surface area contributed by atoms with Crippen molar-refractivity contribution >= 4 is 10.0 Å². The molecule has 2 N–H and O–H groups in total. The fraction of sp³-hybridized carbons (Fsp3) is 0.538. The second-order valence-electron chi connectivity index (χ2n) is 4.78. The fourth-order valence-corrected chi connectivity index (χ4v) is 2.87. The van der Waals surface area contributed by atoms with E-state index in [0.717, 1.165) is 12.6 Å². The van der Waals surface area contributed by atoms with Gasteiger partial charge in [-0.1, -0.05) is 0 Å². The summed E-state index contributed by atoms with van der Waals surface area (Å²) in [5.41, 5.74) is 0. The van der Waals surface area contributed by atoms with E-state index in [4.69, 9.17) is 4.74 Å². The van der Waals surface area contributed by atoms with Gasteiger partial charge in [-0.25, -0.2) is 17.5 Å². The smallest absolute Gasteiger partial charge is 0.240 e. The van der Waals surface area contributed by atoms with Crippen LogP contribution in [0, 0.1) is 5.82 Å². The van der Waals surface area contributed by atoms with Gasteiger partial charge < -0.3 is 10.1 Å². The van der Waals surface area contributed by atoms with Crippen LogP contribution in [0.4, 0.5) is 4.39 Å². The Hall–Kier alpha value is -1.18. The Balaban J connectivity index is 1.86. The number of methoxy groups -OCH3 is 1. The number of hydrogen-bond donors (Lipinski definition) is 2. The van der Waals surface area contributed by atoms with E-state index in [0.29, 0.717) is 19.0 Å². The number of hydrogen-bond acceptors (Lipinski definition) is 4. The third-order valence-corrected chi connectivity index (χ3v) is 4.55. The van der Waals surface area contributed by atoms with E-state index in [9.17, 15) is 12.8 Å². The molecule has 0 spiro atoms. The molecule has 0 aliphatic heterocycles. The van der Waals surface area contributed by atoms with Crippen molar-refractivity contribution in [2.45, 2.75) is 30.2 Å². The van der Waals surface area contributed by atoms with Crippen molar-refractivity contribution < 1.29 is 17.5 Å². The molecule has 0 saturated heterocycles. The van der Waals surface area contributed by atoms with E-state index < -0.39 is 15.8 Å². The Kier molecular flexibility index (Phi) is 4.95. The molecule has 1 aliphatic carbocycles. The SMILES string of the molecule is COc1ccc(S(=O)(=O)NCCCNC2CC2)cc1F. The minimum Gasteiger partial charge on any atom is -0.494 e. The second kappa shape index (κ2) is 6.51. The average molecular weight is 302 g/mol. The summed E-state index contributed by atoms with van der Waals surface area (Å²) in [4.78, 5) is -0.0917. The molecule has 1 fully saturated rings. The van der Waals surface area contributed by atoms with Crippen molar-refractivity contribution in [2.24, 2.45) is 0 Å². The third-order valence-electron chi connectivity index (χ3n) is 3.09. The zero-order chi connectivity index (χ0) is 14.6. The van der Waals surface area contributed by atoms with Crippen molar-refractivity contribution in [2.75, 3.05) is 20.2 Å². The van der Waals surface area contributed by atoms with E-state index in [2.05, 4.69) is 10.0 Å². The second-order valence-corrected chi connectivity index (χ2v) is 6.54. The highest BCUT2D eigenvalue weighted by atomic mass is 32.2. The average Bonchev–Trinajstić information content (AvgIpc) is 3.22. The van der Waals surface area contributed by atoms with Gasteiger partial charge in [0.05, 0.1) is 12.0 Å². The summed E-state index contributed by atoms with van der Waals surface area (Å²) in [5.74, 6) is -0.664. The maximum Gasteiger partial charge on any atom is 0.240 e. The van der Waals surface area contributed by atoms with Gasteiger partial charge in [-0.2, -0.15) is 0 Å². The van der Waals surface area contributed by atoms with Gasteiger partial charge in [0, 0.05) is 12.6 Å². The van der Waals surface area contributed by atoms with Crippen molar-refractivity contribution in [1.82, 2.24) is 10.0 Å². The molecule has 1 saturated carbocycles. The van der Waals surface area contributed by atoms with Crippen LogP contribution < -0.4 is 14.8 Å². The summed E-state index contributed by atoms with van der Waals surface area (Å²) in [6, 6.07) is 4.21. The van der Waals surface area contributed by atoms with E-state index >= 15 is 0 Å². The lowest BCUT2D eigenvalue weighted by Gasteiger charge is -2.08. The van der Waals surface area contributed by atoms with Crippen LogP contribution in [0.3, 0.4) is 0 Å². The molecule has 1 aromatic rings. The van der Waals surface area contributed by atoms with Crippen LogP contribution in [0.25, 0.3) is 0 Å². The first-order valence-corrected chi connectivity index (χ1v) is 8.08. The molecule has 20 heavy (non-hydrogen) atoms. The van der Waals surface area contributed by atoms with E-state index in [1.165, 1.54) is 32.1 Å². The highest BCUT2D eigenvalue weighted by Gasteiger charge is 2.20. The number of nitrogens with one attached hydrogen (secondary N) is 2. The number of sulfonamides is 1. The molecule has 2 rings (SSSR count). The molecule has 0 aromatic heterocycles. The molecular formula is C13H19FN2O3S. The van der Waals surface area contributed by atoms with Gasteiger partial charge in [-0.05, 0) is 44.0 Å². The third kappa shape index (κ3) is 4.16. The molecule has 5 nitrogen and oxygen atoms in total. The molecule has 0 bridgehead atoms. The summed E-state index contributed by atoms with van der Waals surface area (Å²) < 4.78 is 44.6. The molecular weight excluding hydrogens is 283 g/mol. The van der Waals surface area contributed by atoms with E-state index in [-0.39, 0.29) is 10.6 Å². The maximum absolute atomic E-state index is 13.5. The van der Waals surface area contributed by atoms with E-state index in [1.807, 2.05) is 0 Å².